The maximum Gasteiger partial charge on any atom is 0.332 e. The molecule has 1 aliphatic rings. The van der Waals surface area contributed by atoms with Crippen LogP contribution in [0.25, 0.3) is 0 Å². The van der Waals surface area contributed by atoms with Crippen LogP contribution in [0.5, 0.6) is 0 Å². The third kappa shape index (κ3) is 3.23. The highest BCUT2D eigenvalue weighted by molar-refractivity contribution is 6.18. The number of unbranched alkanes of at least 4 members (excludes halogenated alkanes) is 2. The normalized spacial score (nSPS) is 18.7. The van der Waals surface area contributed by atoms with Crippen molar-refractivity contribution in [2.45, 2.75) is 39.0 Å². The molecule has 0 aromatic heterocycles. The van der Waals surface area contributed by atoms with Crippen molar-refractivity contribution in [3.05, 3.63) is 24.8 Å². The summed E-state index contributed by atoms with van der Waals surface area (Å²) in [5.41, 5.74) is -1.23. The molecule has 21 heavy (non-hydrogen) atoms. The van der Waals surface area contributed by atoms with Crippen LogP contribution >= 0.6 is 0 Å². The van der Waals surface area contributed by atoms with E-state index in [1.54, 1.807) is 6.08 Å². The fourth-order valence-corrected chi connectivity index (χ4v) is 2.54. The zero-order valence-corrected chi connectivity index (χ0v) is 13.1. The van der Waals surface area contributed by atoms with Gasteiger partial charge in [0, 0.05) is 14.1 Å². The second-order valence-electron chi connectivity index (χ2n) is 5.40. The Hall–Kier alpha value is -1.91. The molecular formula is C16H24N2O3. The number of carbonyl (C=O) groups is 3. The van der Waals surface area contributed by atoms with E-state index in [9.17, 15) is 14.4 Å². The molecule has 0 aromatic rings. The van der Waals surface area contributed by atoms with Crippen molar-refractivity contribution in [3.63, 3.8) is 0 Å². The zero-order valence-electron chi connectivity index (χ0n) is 13.1. The van der Waals surface area contributed by atoms with Crippen LogP contribution in [0.3, 0.4) is 0 Å². The molecule has 0 N–H and O–H groups in total. The Bertz CT molecular complexity index is 444. The van der Waals surface area contributed by atoms with Gasteiger partial charge in [-0.3, -0.25) is 19.4 Å². The van der Waals surface area contributed by atoms with E-state index in [1.807, 2.05) is 12.2 Å². The molecule has 1 aliphatic heterocycles. The van der Waals surface area contributed by atoms with Crippen molar-refractivity contribution < 1.29 is 14.4 Å². The highest BCUT2D eigenvalue weighted by Gasteiger charge is 2.53. The molecule has 0 radical (unpaired) electrons. The molecular weight excluding hydrogens is 268 g/mol. The van der Waals surface area contributed by atoms with Gasteiger partial charge in [0.2, 0.25) is 11.8 Å². The molecule has 1 saturated heterocycles. The average molecular weight is 292 g/mol. The standard InChI is InChI=1S/C16H24N2O3/c1-5-7-8-9-10-12-16(11-6-2)13(19)17(3)15(21)18(4)14(16)20/h6,9-10H,2,5,7-8,11-12H2,1,3-4H3. The number of rotatable bonds is 7. The first kappa shape index (κ1) is 17.1. The lowest BCUT2D eigenvalue weighted by molar-refractivity contribution is -0.156. The molecule has 5 heteroatoms. The van der Waals surface area contributed by atoms with Gasteiger partial charge in [0.15, 0.2) is 0 Å². The number of hydrogen-bond donors (Lipinski definition) is 0. The third-order valence-electron chi connectivity index (χ3n) is 3.85. The van der Waals surface area contributed by atoms with Crippen LogP contribution in [-0.2, 0) is 9.59 Å². The van der Waals surface area contributed by atoms with Gasteiger partial charge in [-0.2, -0.15) is 0 Å². The monoisotopic (exact) mass is 292 g/mol. The van der Waals surface area contributed by atoms with E-state index < -0.39 is 23.3 Å². The largest absolute Gasteiger partial charge is 0.332 e. The first-order valence-corrected chi connectivity index (χ1v) is 7.28. The number of nitrogens with zero attached hydrogens (tertiary/aromatic N) is 2. The highest BCUT2D eigenvalue weighted by Crippen LogP contribution is 2.36. The van der Waals surface area contributed by atoms with Crippen molar-refractivity contribution >= 4 is 17.8 Å². The van der Waals surface area contributed by atoms with E-state index in [0.717, 1.165) is 29.1 Å². The van der Waals surface area contributed by atoms with Gasteiger partial charge in [-0.1, -0.05) is 38.0 Å². The van der Waals surface area contributed by atoms with Crippen LogP contribution in [0.4, 0.5) is 4.79 Å². The Morgan fingerprint density at radius 3 is 2.10 bits per heavy atom. The van der Waals surface area contributed by atoms with Gasteiger partial charge in [0.1, 0.15) is 5.41 Å². The summed E-state index contributed by atoms with van der Waals surface area (Å²) in [4.78, 5) is 38.9. The predicted octanol–water partition coefficient (Wildman–Crippen LogP) is 2.74. The quantitative estimate of drug-likeness (QED) is 0.412. The molecule has 4 amide bonds. The number of amides is 4. The minimum atomic E-state index is -1.23. The van der Waals surface area contributed by atoms with Crippen LogP contribution in [-0.4, -0.2) is 41.7 Å². The van der Waals surface area contributed by atoms with Gasteiger partial charge in [-0.15, -0.1) is 6.58 Å². The second kappa shape index (κ2) is 7.20. The number of imide groups is 2. The van der Waals surface area contributed by atoms with E-state index in [-0.39, 0.29) is 6.42 Å². The number of allylic oxidation sites excluding steroid dienone is 3. The molecule has 0 saturated carbocycles. The molecule has 5 nitrogen and oxygen atoms in total. The third-order valence-corrected chi connectivity index (χ3v) is 3.85. The predicted molar refractivity (Wildman–Crippen MR) is 81.5 cm³/mol. The zero-order chi connectivity index (χ0) is 16.0. The first-order chi connectivity index (χ1) is 9.92. The fraction of sp³-hybridized carbons (Fsp3) is 0.562. The Labute approximate surface area is 126 Å². The molecule has 0 atom stereocenters. The van der Waals surface area contributed by atoms with Gasteiger partial charge in [0.25, 0.3) is 0 Å². The Morgan fingerprint density at radius 2 is 1.62 bits per heavy atom. The lowest BCUT2D eigenvalue weighted by atomic mass is 9.77. The summed E-state index contributed by atoms with van der Waals surface area (Å²) >= 11 is 0. The van der Waals surface area contributed by atoms with Crippen molar-refractivity contribution in [1.82, 2.24) is 9.80 Å². The maximum absolute atomic E-state index is 12.5. The summed E-state index contributed by atoms with van der Waals surface area (Å²) in [5, 5.41) is 0. The Kier molecular flexibility index (Phi) is 5.88. The van der Waals surface area contributed by atoms with Crippen LogP contribution < -0.4 is 0 Å². The SMILES string of the molecule is C=CCC1(CC=CCCCC)C(=O)N(C)C(=O)N(C)C1=O. The second-order valence-corrected chi connectivity index (χ2v) is 5.40. The lowest BCUT2D eigenvalue weighted by Gasteiger charge is -2.40. The van der Waals surface area contributed by atoms with Crippen molar-refractivity contribution in [2.24, 2.45) is 5.41 Å². The van der Waals surface area contributed by atoms with E-state index in [4.69, 9.17) is 0 Å². The molecule has 0 spiro atoms. The summed E-state index contributed by atoms with van der Waals surface area (Å²) < 4.78 is 0. The van der Waals surface area contributed by atoms with Gasteiger partial charge < -0.3 is 0 Å². The molecule has 1 heterocycles. The van der Waals surface area contributed by atoms with Gasteiger partial charge in [-0.25, -0.2) is 4.79 Å². The number of urea groups is 1. The van der Waals surface area contributed by atoms with Gasteiger partial charge in [0.05, 0.1) is 0 Å². The first-order valence-electron chi connectivity index (χ1n) is 7.28. The van der Waals surface area contributed by atoms with E-state index >= 15 is 0 Å². The minimum absolute atomic E-state index is 0.227. The van der Waals surface area contributed by atoms with Gasteiger partial charge >= 0.3 is 6.03 Å². The molecule has 0 aliphatic carbocycles. The molecule has 0 bridgehead atoms. The van der Waals surface area contributed by atoms with Crippen molar-refractivity contribution in [1.29, 1.82) is 0 Å². The maximum atomic E-state index is 12.5. The number of carbonyl (C=O) groups excluding carboxylic acids is 3. The lowest BCUT2D eigenvalue weighted by Crippen LogP contribution is -2.62. The summed E-state index contributed by atoms with van der Waals surface area (Å²) in [6, 6.07) is -0.584. The number of barbiturate groups is 1. The Morgan fingerprint density at radius 1 is 1.05 bits per heavy atom. The van der Waals surface area contributed by atoms with Crippen molar-refractivity contribution in [2.75, 3.05) is 14.1 Å². The van der Waals surface area contributed by atoms with Gasteiger partial charge in [-0.05, 0) is 19.3 Å². The van der Waals surface area contributed by atoms with Crippen LogP contribution in [0.1, 0.15) is 39.0 Å². The summed E-state index contributed by atoms with van der Waals surface area (Å²) in [6.45, 7) is 5.75. The van der Waals surface area contributed by atoms with Crippen LogP contribution in [0.15, 0.2) is 24.8 Å². The van der Waals surface area contributed by atoms with E-state index in [0.29, 0.717) is 6.42 Å². The van der Waals surface area contributed by atoms with Crippen LogP contribution in [0.2, 0.25) is 0 Å². The minimum Gasteiger partial charge on any atom is -0.273 e. The molecule has 0 unspecified atom stereocenters. The van der Waals surface area contributed by atoms with E-state index in [2.05, 4.69) is 13.5 Å². The topological polar surface area (TPSA) is 57.7 Å². The van der Waals surface area contributed by atoms with Crippen molar-refractivity contribution in [3.8, 4) is 0 Å². The molecule has 116 valence electrons. The molecule has 0 aromatic carbocycles. The Balaban J connectivity index is 3.03. The van der Waals surface area contributed by atoms with Crippen LogP contribution in [0, 0.1) is 5.41 Å². The highest BCUT2D eigenvalue weighted by atomic mass is 16.2. The summed E-state index contributed by atoms with van der Waals surface area (Å²) in [7, 11) is 2.82. The molecule has 1 fully saturated rings. The summed E-state index contributed by atoms with van der Waals surface area (Å²) in [5.74, 6) is -0.897. The smallest absolute Gasteiger partial charge is 0.273 e. The van der Waals surface area contributed by atoms with E-state index in [1.165, 1.54) is 14.1 Å². The molecule has 1 rings (SSSR count). The average Bonchev–Trinajstić information content (AvgIpc) is 2.48. The summed E-state index contributed by atoms with van der Waals surface area (Å²) in [6.07, 6.45) is 9.04. The fourth-order valence-electron chi connectivity index (χ4n) is 2.54. The number of hydrogen-bond acceptors (Lipinski definition) is 3.